The summed E-state index contributed by atoms with van der Waals surface area (Å²) in [6.07, 6.45) is 4.64. The van der Waals surface area contributed by atoms with Gasteiger partial charge in [0, 0.05) is 149 Å². The lowest BCUT2D eigenvalue weighted by Gasteiger charge is -2.27. The van der Waals surface area contributed by atoms with Crippen LogP contribution >= 0.6 is 97.7 Å². The zero-order valence-corrected chi connectivity index (χ0v) is 97.6. The lowest BCUT2D eigenvalue weighted by atomic mass is 9.83. The summed E-state index contributed by atoms with van der Waals surface area (Å²) in [5.41, 5.74) is 18.8. The van der Waals surface area contributed by atoms with Crippen LogP contribution in [-0.4, -0.2) is 222 Å². The Balaban J connectivity index is 0.000000784. The first-order chi connectivity index (χ1) is 63.1. The number of nitrogens with one attached hydrogen (secondary N) is 9. The summed E-state index contributed by atoms with van der Waals surface area (Å²) in [6, 6.07) is 0. The van der Waals surface area contributed by atoms with Crippen molar-refractivity contribution >= 4 is 143 Å². The maximum atomic E-state index is 11.9. The molecule has 0 saturated carbocycles. The van der Waals surface area contributed by atoms with Crippen LogP contribution in [0.3, 0.4) is 0 Å². The minimum atomic E-state index is -0.0675. The Labute approximate surface area is 864 Å². The molecule has 0 radical (unpaired) electrons. The Bertz CT molecular complexity index is 5680. The third-order valence-electron chi connectivity index (χ3n) is 23.2. The summed E-state index contributed by atoms with van der Waals surface area (Å²) in [6.45, 7) is 89.0. The van der Waals surface area contributed by atoms with Crippen LogP contribution in [-0.2, 0) is 43.3 Å². The summed E-state index contributed by atoms with van der Waals surface area (Å²) >= 11 is 40.9. The van der Waals surface area contributed by atoms with Crippen molar-refractivity contribution < 1.29 is 0 Å². The minimum absolute atomic E-state index is 0.00122. The largest absolute Gasteiger partial charge is 0.380 e. The zero-order valence-electron chi connectivity index (χ0n) is 91.1. The first kappa shape index (κ1) is 129. The Morgan fingerprint density at radius 1 is 0.226 bits per heavy atom. The van der Waals surface area contributed by atoms with Crippen molar-refractivity contribution in [3.63, 3.8) is 0 Å². The maximum Gasteiger partial charge on any atom is 0.220 e. The molecule has 0 aliphatic carbocycles. The topological polar surface area (TPSA) is 290 Å². The molecule has 0 bridgehead atoms. The second-order valence-electron chi connectivity index (χ2n) is 43.9. The molecule has 8 aromatic carbocycles. The Kier molecular flexibility index (Phi) is 54.8. The lowest BCUT2D eigenvalue weighted by Crippen LogP contribution is -2.34. The molecule has 0 aliphatic heterocycles. The highest BCUT2D eigenvalue weighted by atomic mass is 32.1. The first-order valence-corrected chi connectivity index (χ1v) is 52.5. The first-order valence-electron chi connectivity index (χ1n) is 49.2. The van der Waals surface area contributed by atoms with E-state index in [9.17, 15) is 38.4 Å². The van der Waals surface area contributed by atoms with Gasteiger partial charge in [-0.2, -0.15) is 0 Å². The molecule has 0 amide bonds. The number of nitrogens with zero attached hydrogens (tertiary/aromatic N) is 6. The van der Waals surface area contributed by atoms with Crippen molar-refractivity contribution in [2.24, 2.45) is 5.73 Å². The van der Waals surface area contributed by atoms with Gasteiger partial charge in [-0.1, -0.05) is 319 Å². The molecule has 0 saturated heterocycles. The van der Waals surface area contributed by atoms with Crippen LogP contribution in [0.25, 0.3) is 0 Å². The summed E-state index contributed by atoms with van der Waals surface area (Å²) < 4.78 is 4.00. The van der Waals surface area contributed by atoms with Crippen LogP contribution in [0.1, 0.15) is 292 Å². The molecular formula is C105H178N16O8S8. The molecule has 0 aromatic heterocycles. The molecule has 8 rings (SSSR count). The highest BCUT2D eigenvalue weighted by Gasteiger charge is 2.35. The number of anilines is 8. The van der Waals surface area contributed by atoms with Crippen molar-refractivity contribution in [3.05, 3.63) is 162 Å². The normalized spacial score (nSPS) is 12.3. The number of hydrogen-bond donors (Lipinski definition) is 10. The smallest absolute Gasteiger partial charge is 0.220 e. The average molecular weight is 2050 g/mol. The lowest BCUT2D eigenvalue weighted by molar-refractivity contribution is 0.285. The number of likely N-dealkylation sites (N-methyl/N-ethyl adjacent to an activating group) is 6. The molecule has 0 fully saturated rings. The van der Waals surface area contributed by atoms with Gasteiger partial charge >= 0.3 is 0 Å². The van der Waals surface area contributed by atoms with Crippen molar-refractivity contribution in [2.45, 2.75) is 291 Å². The number of hydrogen-bond acceptors (Lipinski definition) is 32. The van der Waals surface area contributed by atoms with Crippen molar-refractivity contribution in [3.8, 4) is 0 Å². The standard InChI is InChI=1S/C16H28N2OS.C15H26N2OS.2C14H24N2OS.C13H22N2OS.C12H20N2OS.C11H18N2OS.C10H16N2OS/c1-6-9-18(10-7-2)11-8-17-13-12(16(3,4)5)15(20)14(13)19;1-6-9-17(7-2)10-8-16-12-11(15(3,4)5)14(19)13(12)18;1-6-8-16(5)9-7-15-11-10(14(2,3)4)13(18)12(11)17;1-6-16(7-2)9-8-15-11-10(14(3,4)5)13(18)12(11)17;1-6-15(5)8-7-14-10-9(13(2,3)4)12(17)11(10)16;1-12(2,3)8-9(10(15)11(8)16)13-6-7-14(4)5;1-11(2,3)7-8(9(14)10(7)15)13-6-5-12-4;1-10(2,3)6-7(12-5-4-11)8(13)9(6)14/h17H,6-11H2,1-5H3;16H,6-10H2,1-5H3;2*15H,6-9H2,1-5H3;14H,6-8H2,1-5H3;13H,6-7H2,1-5H3;12-13H,5-6H2,1-4H3;12H,4-5,11H2,1-3H3. The van der Waals surface area contributed by atoms with Crippen LogP contribution in [0.5, 0.6) is 0 Å². The zero-order chi connectivity index (χ0) is 106. The Morgan fingerprint density at radius 2 is 0.416 bits per heavy atom. The molecule has 774 valence electrons. The molecule has 32 heteroatoms. The minimum Gasteiger partial charge on any atom is -0.380 e. The van der Waals surface area contributed by atoms with Gasteiger partial charge in [0.25, 0.3) is 0 Å². The van der Waals surface area contributed by atoms with Gasteiger partial charge in [0.15, 0.2) is 0 Å². The maximum absolute atomic E-state index is 11.9. The molecule has 0 unspecified atom stereocenters. The Hall–Kier alpha value is -5.92. The van der Waals surface area contributed by atoms with E-state index in [0.717, 1.165) is 235 Å². The van der Waals surface area contributed by atoms with Crippen LogP contribution in [0.2, 0.25) is 0 Å². The van der Waals surface area contributed by atoms with E-state index in [1.54, 1.807) is 0 Å². The third kappa shape index (κ3) is 38.6. The van der Waals surface area contributed by atoms with Gasteiger partial charge in [0.2, 0.25) is 43.4 Å². The van der Waals surface area contributed by atoms with Crippen LogP contribution in [0.15, 0.2) is 38.4 Å². The molecule has 0 aliphatic rings. The van der Waals surface area contributed by atoms with Crippen LogP contribution < -0.4 is 97.0 Å². The van der Waals surface area contributed by atoms with Crippen molar-refractivity contribution in [1.82, 2.24) is 34.7 Å². The van der Waals surface area contributed by atoms with Crippen LogP contribution in [0.4, 0.5) is 45.5 Å². The summed E-state index contributed by atoms with van der Waals surface area (Å²) in [7, 11) is 10.1. The van der Waals surface area contributed by atoms with Gasteiger partial charge in [0.05, 0.1) is 81.6 Å². The highest BCUT2D eigenvalue weighted by Crippen LogP contribution is 2.38. The number of rotatable bonds is 43. The van der Waals surface area contributed by atoms with Gasteiger partial charge < -0.3 is 83.0 Å². The van der Waals surface area contributed by atoms with Crippen molar-refractivity contribution in [1.29, 1.82) is 0 Å². The molecule has 0 heterocycles. The monoisotopic (exact) mass is 2050 g/mol. The molecule has 11 N–H and O–H groups in total. The van der Waals surface area contributed by atoms with E-state index in [-0.39, 0.29) is 86.8 Å². The quantitative estimate of drug-likeness (QED) is 0.0125. The van der Waals surface area contributed by atoms with E-state index < -0.39 is 0 Å². The third-order valence-corrected chi connectivity index (χ3v) is 26.3. The van der Waals surface area contributed by atoms with E-state index in [1.165, 1.54) is 12.8 Å². The molecule has 137 heavy (non-hydrogen) atoms. The van der Waals surface area contributed by atoms with Gasteiger partial charge in [-0.3, -0.25) is 38.4 Å². The van der Waals surface area contributed by atoms with E-state index in [1.807, 2.05) is 41.9 Å². The second kappa shape index (κ2) is 58.1. The molecule has 0 spiro atoms. The molecule has 24 nitrogen and oxygen atoms in total. The Morgan fingerprint density at radius 3 is 0.613 bits per heavy atom. The van der Waals surface area contributed by atoms with E-state index in [2.05, 4.69) is 292 Å². The van der Waals surface area contributed by atoms with E-state index in [4.69, 9.17) is 103 Å². The predicted molar refractivity (Wildman–Crippen MR) is 615 cm³/mol. The van der Waals surface area contributed by atoms with E-state index in [0.29, 0.717) is 60.5 Å². The fraction of sp³-hybridized carbons (Fsp3) is 0.695. The second-order valence-corrected chi connectivity index (χ2v) is 47.1. The van der Waals surface area contributed by atoms with Gasteiger partial charge in [-0.05, 0) is 157 Å². The summed E-state index contributed by atoms with van der Waals surface area (Å²) in [4.78, 5) is 107. The summed E-state index contributed by atoms with van der Waals surface area (Å²) in [5.74, 6) is 0. The summed E-state index contributed by atoms with van der Waals surface area (Å²) in [5, 5.41) is 28.7. The van der Waals surface area contributed by atoms with Gasteiger partial charge in [0.1, 0.15) is 0 Å². The molecule has 8 aromatic rings. The molecular weight excluding hydrogens is 1870 g/mol. The molecule has 0 atom stereocenters. The predicted octanol–water partition coefficient (Wildman–Crippen LogP) is 19.1. The fourth-order valence-electron chi connectivity index (χ4n) is 15.8. The van der Waals surface area contributed by atoms with Crippen LogP contribution in [0, 0.1) is 36.1 Å². The highest BCUT2D eigenvalue weighted by molar-refractivity contribution is 7.72. The van der Waals surface area contributed by atoms with Gasteiger partial charge in [-0.25, -0.2) is 0 Å². The van der Waals surface area contributed by atoms with Gasteiger partial charge in [-0.15, -0.1) is 0 Å². The SMILES string of the molecule is CC(C)(C)c1c(NCCN)c(=O)c1=S.CCCN(C)CCNc1c(C(C)(C)C)c(=S)c1=O.CCCN(CC)CCNc1c(C(C)(C)C)c(=S)c1=O.CCCN(CCC)CCNc1c(C(C)(C)C)c(=S)c1=O.CCN(C)CCNc1c(C(C)(C)C)c(=S)c1=O.CCN(CC)CCNc1c(C(C)(C)C)c(=S)c1=O.CN(C)CCNc1c(C(C)(C)C)c(=S)c1=O.CNCCNc1c(C(C)(C)C)c(=S)c1=O. The van der Waals surface area contributed by atoms with Crippen molar-refractivity contribution in [2.75, 3.05) is 235 Å². The number of nitrogens with two attached hydrogens (primary N) is 1. The fourth-order valence-corrected chi connectivity index (χ4v) is 19.9. The average Bonchev–Trinajstić information content (AvgIpc) is 0.763. The van der Waals surface area contributed by atoms with E-state index >= 15 is 0 Å².